The van der Waals surface area contributed by atoms with E-state index in [2.05, 4.69) is 27.3 Å². The van der Waals surface area contributed by atoms with Crippen LogP contribution >= 0.6 is 0 Å². The Kier molecular flexibility index (Phi) is 9.04. The quantitative estimate of drug-likeness (QED) is 0.451. The number of rotatable bonds is 10. The Labute approximate surface area is 191 Å². The van der Waals surface area contributed by atoms with Crippen molar-refractivity contribution < 1.29 is 18.9 Å². The molecule has 0 saturated carbocycles. The van der Waals surface area contributed by atoms with Crippen LogP contribution in [0.3, 0.4) is 0 Å². The smallest absolute Gasteiger partial charge is 0.193 e. The Bertz CT molecular complexity index is 848. The van der Waals surface area contributed by atoms with Crippen molar-refractivity contribution in [1.82, 2.24) is 10.2 Å². The first-order valence-electron chi connectivity index (χ1n) is 11.0. The summed E-state index contributed by atoms with van der Waals surface area (Å²) < 4.78 is 22.4. The average Bonchev–Trinajstić information content (AvgIpc) is 3.30. The van der Waals surface area contributed by atoms with Crippen molar-refractivity contribution >= 4 is 5.96 Å². The van der Waals surface area contributed by atoms with Crippen LogP contribution < -0.4 is 19.5 Å². The third-order valence-corrected chi connectivity index (χ3v) is 5.74. The van der Waals surface area contributed by atoms with Crippen LogP contribution in [0.2, 0.25) is 0 Å². The summed E-state index contributed by atoms with van der Waals surface area (Å²) in [5.41, 5.74) is 2.22. The van der Waals surface area contributed by atoms with E-state index in [-0.39, 0.29) is 0 Å². The lowest BCUT2D eigenvalue weighted by Crippen LogP contribution is -2.41. The largest absolute Gasteiger partial charge is 0.496 e. The monoisotopic (exact) mass is 441 g/mol. The fourth-order valence-corrected chi connectivity index (χ4v) is 4.03. The molecule has 0 spiro atoms. The fraction of sp³-hybridized carbons (Fsp3) is 0.480. The Hall–Kier alpha value is -2.93. The molecule has 7 nitrogen and oxygen atoms in total. The summed E-state index contributed by atoms with van der Waals surface area (Å²) in [6, 6.07) is 14.1. The van der Waals surface area contributed by atoms with Crippen molar-refractivity contribution in [3.05, 3.63) is 53.6 Å². The summed E-state index contributed by atoms with van der Waals surface area (Å²) in [7, 11) is 6.79. The maximum absolute atomic E-state index is 5.95. The minimum absolute atomic E-state index is 0.513. The zero-order valence-corrected chi connectivity index (χ0v) is 19.6. The highest BCUT2D eigenvalue weighted by molar-refractivity contribution is 5.80. The molecule has 1 aliphatic rings. The molecule has 1 heterocycles. The first-order valence-corrected chi connectivity index (χ1v) is 11.0. The highest BCUT2D eigenvalue weighted by Gasteiger charge is 2.25. The predicted octanol–water partition coefficient (Wildman–Crippen LogP) is 3.37. The van der Waals surface area contributed by atoms with Gasteiger partial charge in [-0.05, 0) is 18.4 Å². The number of hydrogen-bond acceptors (Lipinski definition) is 5. The first kappa shape index (κ1) is 23.7. The lowest BCUT2D eigenvalue weighted by Gasteiger charge is -2.22. The lowest BCUT2D eigenvalue weighted by atomic mass is 10.1. The Morgan fingerprint density at radius 1 is 1.06 bits per heavy atom. The van der Waals surface area contributed by atoms with Gasteiger partial charge in [0.25, 0.3) is 0 Å². The van der Waals surface area contributed by atoms with E-state index in [0.29, 0.717) is 18.3 Å². The van der Waals surface area contributed by atoms with E-state index in [1.165, 1.54) is 5.56 Å². The summed E-state index contributed by atoms with van der Waals surface area (Å²) >= 11 is 0. The number of guanidine groups is 1. The highest BCUT2D eigenvalue weighted by Crippen LogP contribution is 2.34. The van der Waals surface area contributed by atoms with Gasteiger partial charge in [-0.3, -0.25) is 4.99 Å². The molecule has 32 heavy (non-hydrogen) atoms. The Morgan fingerprint density at radius 3 is 2.41 bits per heavy atom. The van der Waals surface area contributed by atoms with Gasteiger partial charge in [-0.15, -0.1) is 0 Å². The minimum Gasteiger partial charge on any atom is -0.496 e. The van der Waals surface area contributed by atoms with Gasteiger partial charge in [0.15, 0.2) is 5.96 Å². The van der Waals surface area contributed by atoms with Crippen molar-refractivity contribution in [2.24, 2.45) is 10.9 Å². The second-order valence-electron chi connectivity index (χ2n) is 7.84. The molecule has 1 saturated heterocycles. The van der Waals surface area contributed by atoms with Gasteiger partial charge in [-0.1, -0.05) is 30.3 Å². The molecule has 0 radical (unpaired) electrons. The number of hydrogen-bond donors (Lipinski definition) is 1. The summed E-state index contributed by atoms with van der Waals surface area (Å²) in [6.07, 6.45) is 1.85. The van der Waals surface area contributed by atoms with E-state index in [4.69, 9.17) is 18.9 Å². The number of likely N-dealkylation sites (tertiary alicyclic amines) is 1. The van der Waals surface area contributed by atoms with Gasteiger partial charge in [-0.25, -0.2) is 0 Å². The molecule has 0 aromatic heterocycles. The van der Waals surface area contributed by atoms with E-state index in [1.54, 1.807) is 21.3 Å². The van der Waals surface area contributed by atoms with Gasteiger partial charge >= 0.3 is 0 Å². The van der Waals surface area contributed by atoms with Crippen molar-refractivity contribution in [2.45, 2.75) is 19.4 Å². The van der Waals surface area contributed by atoms with Crippen LogP contribution in [0.25, 0.3) is 0 Å². The zero-order chi connectivity index (χ0) is 22.8. The van der Waals surface area contributed by atoms with E-state index in [9.17, 15) is 0 Å². The summed E-state index contributed by atoms with van der Waals surface area (Å²) in [4.78, 5) is 6.79. The van der Waals surface area contributed by atoms with Crippen LogP contribution in [0.4, 0.5) is 0 Å². The van der Waals surface area contributed by atoms with E-state index < -0.39 is 0 Å². The number of nitrogens with one attached hydrogen (secondary N) is 1. The van der Waals surface area contributed by atoms with E-state index in [0.717, 1.165) is 62.1 Å². The molecular formula is C25H35N3O4. The Balaban J connectivity index is 1.48. The Morgan fingerprint density at radius 2 is 1.78 bits per heavy atom. The van der Waals surface area contributed by atoms with Gasteiger partial charge in [0.1, 0.15) is 17.2 Å². The van der Waals surface area contributed by atoms with Crippen LogP contribution in [0.15, 0.2) is 47.5 Å². The zero-order valence-electron chi connectivity index (χ0n) is 19.6. The molecule has 174 valence electrons. The molecule has 0 bridgehead atoms. The summed E-state index contributed by atoms with van der Waals surface area (Å²) in [6.45, 7) is 4.08. The first-order chi connectivity index (χ1) is 15.7. The third kappa shape index (κ3) is 6.29. The standard InChI is InChI=1S/C25H35N3O4/c1-26-25(27-12-10-22-23(30-3)14-21(29-2)15-24(22)31-4)28-13-11-20(16-28)18-32-17-19-8-6-5-7-9-19/h5-9,14-15,20H,10-13,16-18H2,1-4H3,(H,26,27). The van der Waals surface area contributed by atoms with Gasteiger partial charge in [0, 0.05) is 50.3 Å². The maximum atomic E-state index is 5.95. The molecule has 2 aromatic carbocycles. The van der Waals surface area contributed by atoms with E-state index >= 15 is 0 Å². The van der Waals surface area contributed by atoms with Gasteiger partial charge < -0.3 is 29.2 Å². The molecule has 3 rings (SSSR count). The van der Waals surface area contributed by atoms with Crippen molar-refractivity contribution in [2.75, 3.05) is 54.6 Å². The van der Waals surface area contributed by atoms with Crippen LogP contribution in [-0.2, 0) is 17.8 Å². The van der Waals surface area contributed by atoms with Crippen LogP contribution in [0.5, 0.6) is 17.2 Å². The molecule has 0 aliphatic carbocycles. The summed E-state index contributed by atoms with van der Waals surface area (Å²) in [5.74, 6) is 3.66. The maximum Gasteiger partial charge on any atom is 0.193 e. The SMILES string of the molecule is CN=C(NCCc1c(OC)cc(OC)cc1OC)N1CCC(COCc2ccccc2)C1. The molecular weight excluding hydrogens is 406 g/mol. The fourth-order valence-electron chi connectivity index (χ4n) is 4.03. The van der Waals surface area contributed by atoms with Gasteiger partial charge in [0.2, 0.25) is 0 Å². The van der Waals surface area contributed by atoms with Gasteiger partial charge in [0.05, 0.1) is 34.5 Å². The van der Waals surface area contributed by atoms with Crippen molar-refractivity contribution in [3.63, 3.8) is 0 Å². The normalized spacial score (nSPS) is 16.2. The van der Waals surface area contributed by atoms with Gasteiger partial charge in [-0.2, -0.15) is 0 Å². The number of nitrogens with zero attached hydrogens (tertiary/aromatic N) is 2. The average molecular weight is 442 g/mol. The molecule has 1 atom stereocenters. The van der Waals surface area contributed by atoms with E-state index in [1.807, 2.05) is 37.4 Å². The van der Waals surface area contributed by atoms with Crippen LogP contribution in [0, 0.1) is 5.92 Å². The third-order valence-electron chi connectivity index (χ3n) is 5.74. The molecule has 1 unspecified atom stereocenters. The lowest BCUT2D eigenvalue weighted by molar-refractivity contribution is 0.0907. The number of aliphatic imine (C=N–C) groups is 1. The predicted molar refractivity (Wildman–Crippen MR) is 127 cm³/mol. The topological polar surface area (TPSA) is 64.6 Å². The molecule has 2 aromatic rings. The van der Waals surface area contributed by atoms with Crippen molar-refractivity contribution in [1.29, 1.82) is 0 Å². The summed E-state index contributed by atoms with van der Waals surface area (Å²) in [5, 5.41) is 3.49. The van der Waals surface area contributed by atoms with Crippen LogP contribution in [0.1, 0.15) is 17.5 Å². The van der Waals surface area contributed by atoms with Crippen molar-refractivity contribution in [3.8, 4) is 17.2 Å². The molecule has 1 N–H and O–H groups in total. The molecule has 1 aliphatic heterocycles. The number of benzene rings is 2. The minimum atomic E-state index is 0.513. The number of methoxy groups -OCH3 is 3. The molecule has 7 heteroatoms. The second-order valence-corrected chi connectivity index (χ2v) is 7.84. The molecule has 1 fully saturated rings. The van der Waals surface area contributed by atoms with Crippen LogP contribution in [-0.4, -0.2) is 65.5 Å². The second kappa shape index (κ2) is 12.2. The molecule has 0 amide bonds. The number of ether oxygens (including phenoxy) is 4. The highest BCUT2D eigenvalue weighted by atomic mass is 16.5.